The molecule has 2 N–H and O–H groups in total. The summed E-state index contributed by atoms with van der Waals surface area (Å²) >= 11 is 0. The highest BCUT2D eigenvalue weighted by Crippen LogP contribution is 1.95. The molecular formula is C6H17N. The summed E-state index contributed by atoms with van der Waals surface area (Å²) in [5.74, 6) is 0. The topological polar surface area (TPSA) is 26.0 Å². The molecule has 0 rings (SSSR count). The van der Waals surface area contributed by atoms with Gasteiger partial charge in [-0.3, -0.25) is 0 Å². The van der Waals surface area contributed by atoms with Crippen LogP contribution < -0.4 is 5.73 Å². The molecule has 46 valence electrons. The first-order chi connectivity index (χ1) is 3.31. The average Bonchev–Trinajstić information content (AvgIpc) is 1.68. The van der Waals surface area contributed by atoms with E-state index in [2.05, 4.69) is 13.8 Å². The van der Waals surface area contributed by atoms with Crippen molar-refractivity contribution in [2.75, 3.05) is 0 Å². The molecular weight excluding hydrogens is 86.1 g/mol. The maximum atomic E-state index is 5.58. The minimum Gasteiger partial charge on any atom is -0.328 e. The first-order valence-corrected chi connectivity index (χ1v) is 3.06. The van der Waals surface area contributed by atoms with Crippen LogP contribution in [0, 0.1) is 0 Å². The molecule has 0 amide bonds. The van der Waals surface area contributed by atoms with Crippen LogP contribution in [0.5, 0.6) is 0 Å². The Morgan fingerprint density at radius 2 is 2.14 bits per heavy atom. The molecule has 0 aromatic carbocycles. The number of hydrogen-bond acceptors (Lipinski definition) is 1. The van der Waals surface area contributed by atoms with Crippen LogP contribution in [0.1, 0.15) is 34.5 Å². The molecule has 1 atom stereocenters. The fourth-order valence-electron chi connectivity index (χ4n) is 0.575. The molecule has 0 heterocycles. The molecule has 0 aliphatic rings. The fourth-order valence-corrected chi connectivity index (χ4v) is 0.575. The van der Waals surface area contributed by atoms with Crippen molar-refractivity contribution in [2.45, 2.75) is 39.2 Å². The summed E-state index contributed by atoms with van der Waals surface area (Å²) < 4.78 is 0. The van der Waals surface area contributed by atoms with E-state index in [1.165, 1.54) is 12.8 Å². The van der Waals surface area contributed by atoms with Gasteiger partial charge in [0.2, 0.25) is 0 Å². The van der Waals surface area contributed by atoms with Crippen molar-refractivity contribution in [1.29, 1.82) is 0 Å². The molecule has 0 saturated heterocycles. The number of hydrogen-bond donors (Lipinski definition) is 1. The zero-order valence-corrected chi connectivity index (χ0v) is 5.28. The van der Waals surface area contributed by atoms with Gasteiger partial charge in [0, 0.05) is 7.47 Å². The Morgan fingerprint density at radius 1 is 1.57 bits per heavy atom. The third-order valence-electron chi connectivity index (χ3n) is 1.18. The molecule has 0 aliphatic carbocycles. The molecule has 0 bridgehead atoms. The minimum absolute atomic E-state index is 0. The summed E-state index contributed by atoms with van der Waals surface area (Å²) in [4.78, 5) is 0. The van der Waals surface area contributed by atoms with E-state index in [9.17, 15) is 0 Å². The van der Waals surface area contributed by atoms with E-state index in [1.807, 2.05) is 0 Å². The monoisotopic (exact) mass is 103 g/mol. The Labute approximate surface area is 47.4 Å². The summed E-state index contributed by atoms with van der Waals surface area (Å²) in [6.45, 7) is 4.29. The van der Waals surface area contributed by atoms with Crippen molar-refractivity contribution < 1.29 is 1.43 Å². The first-order valence-electron chi connectivity index (χ1n) is 3.06. The quantitative estimate of drug-likeness (QED) is 0.578. The normalized spacial score (nSPS) is 14.1. The standard InChI is InChI=1S/C6H15N.H2/c1-3-5-6(7)4-2;/h6H,3-5,7H2,1-2H3;1H. The maximum Gasteiger partial charge on any atom is 0.00361 e. The second-order valence-corrected chi connectivity index (χ2v) is 1.96. The van der Waals surface area contributed by atoms with Crippen LogP contribution in [0.2, 0.25) is 0 Å². The van der Waals surface area contributed by atoms with Gasteiger partial charge in [-0.05, 0) is 12.8 Å². The lowest BCUT2D eigenvalue weighted by atomic mass is 10.1. The van der Waals surface area contributed by atoms with Gasteiger partial charge < -0.3 is 5.73 Å². The molecule has 7 heavy (non-hydrogen) atoms. The van der Waals surface area contributed by atoms with Crippen molar-refractivity contribution in [2.24, 2.45) is 5.73 Å². The highest BCUT2D eigenvalue weighted by molar-refractivity contribution is 4.54. The molecule has 0 saturated carbocycles. The third kappa shape index (κ3) is 3.80. The van der Waals surface area contributed by atoms with Crippen molar-refractivity contribution >= 4 is 0 Å². The maximum absolute atomic E-state index is 5.58. The van der Waals surface area contributed by atoms with Crippen molar-refractivity contribution in [3.05, 3.63) is 0 Å². The summed E-state index contributed by atoms with van der Waals surface area (Å²) in [7, 11) is 0. The van der Waals surface area contributed by atoms with Gasteiger partial charge in [0.1, 0.15) is 0 Å². The van der Waals surface area contributed by atoms with Gasteiger partial charge >= 0.3 is 0 Å². The fraction of sp³-hybridized carbons (Fsp3) is 1.00. The van der Waals surface area contributed by atoms with Crippen LogP contribution in [0.25, 0.3) is 0 Å². The Kier molecular flexibility index (Phi) is 4.10. The Balaban J connectivity index is 0. The molecule has 1 nitrogen and oxygen atoms in total. The molecule has 0 aromatic heterocycles. The highest BCUT2D eigenvalue weighted by atomic mass is 14.6. The van der Waals surface area contributed by atoms with Gasteiger partial charge in [-0.25, -0.2) is 0 Å². The smallest absolute Gasteiger partial charge is 0.00361 e. The molecule has 1 heteroatoms. The highest BCUT2D eigenvalue weighted by Gasteiger charge is 1.92. The van der Waals surface area contributed by atoms with Crippen LogP contribution in [0.3, 0.4) is 0 Å². The molecule has 0 aromatic rings. The zero-order chi connectivity index (χ0) is 5.70. The summed E-state index contributed by atoms with van der Waals surface area (Å²) in [6.07, 6.45) is 3.51. The zero-order valence-electron chi connectivity index (χ0n) is 5.28. The van der Waals surface area contributed by atoms with Gasteiger partial charge in [-0.1, -0.05) is 20.3 Å². The predicted molar refractivity (Wildman–Crippen MR) is 35.3 cm³/mol. The first kappa shape index (κ1) is 6.96. The molecule has 0 radical (unpaired) electrons. The Morgan fingerprint density at radius 3 is 2.29 bits per heavy atom. The molecule has 1 unspecified atom stereocenters. The van der Waals surface area contributed by atoms with Gasteiger partial charge in [0.05, 0.1) is 0 Å². The van der Waals surface area contributed by atoms with E-state index in [-0.39, 0.29) is 1.43 Å². The van der Waals surface area contributed by atoms with Crippen molar-refractivity contribution in [3.8, 4) is 0 Å². The second-order valence-electron chi connectivity index (χ2n) is 1.96. The average molecular weight is 103 g/mol. The van der Waals surface area contributed by atoms with E-state index >= 15 is 0 Å². The third-order valence-corrected chi connectivity index (χ3v) is 1.18. The largest absolute Gasteiger partial charge is 0.328 e. The van der Waals surface area contributed by atoms with E-state index in [4.69, 9.17) is 5.73 Å². The lowest BCUT2D eigenvalue weighted by Gasteiger charge is -2.03. The minimum atomic E-state index is 0. The van der Waals surface area contributed by atoms with Crippen molar-refractivity contribution in [3.63, 3.8) is 0 Å². The molecule has 0 spiro atoms. The SMILES string of the molecule is CCCC(N)CC.[HH]. The van der Waals surface area contributed by atoms with Gasteiger partial charge in [0.25, 0.3) is 0 Å². The van der Waals surface area contributed by atoms with Crippen LogP contribution in [0.4, 0.5) is 0 Å². The van der Waals surface area contributed by atoms with Crippen molar-refractivity contribution in [1.82, 2.24) is 0 Å². The Hall–Kier alpha value is -0.0400. The van der Waals surface area contributed by atoms with E-state index in [0.29, 0.717) is 6.04 Å². The summed E-state index contributed by atoms with van der Waals surface area (Å²) in [5.41, 5.74) is 5.58. The summed E-state index contributed by atoms with van der Waals surface area (Å²) in [6, 6.07) is 0.449. The molecule has 0 fully saturated rings. The number of nitrogens with two attached hydrogens (primary N) is 1. The van der Waals surface area contributed by atoms with Crippen LogP contribution in [-0.2, 0) is 0 Å². The lowest BCUT2D eigenvalue weighted by molar-refractivity contribution is 0.587. The number of rotatable bonds is 3. The molecule has 0 aliphatic heterocycles. The second kappa shape index (κ2) is 4.13. The van der Waals surface area contributed by atoms with Gasteiger partial charge in [-0.15, -0.1) is 0 Å². The van der Waals surface area contributed by atoms with E-state index in [0.717, 1.165) is 6.42 Å². The van der Waals surface area contributed by atoms with Gasteiger partial charge in [0.15, 0.2) is 0 Å². The summed E-state index contributed by atoms with van der Waals surface area (Å²) in [5, 5.41) is 0. The predicted octanol–water partition coefficient (Wildman–Crippen LogP) is 1.77. The Bertz CT molecular complexity index is 39.5. The van der Waals surface area contributed by atoms with Crippen LogP contribution in [0.15, 0.2) is 0 Å². The van der Waals surface area contributed by atoms with E-state index in [1.54, 1.807) is 0 Å². The van der Waals surface area contributed by atoms with Crippen LogP contribution in [-0.4, -0.2) is 6.04 Å². The van der Waals surface area contributed by atoms with Crippen LogP contribution >= 0.6 is 0 Å². The van der Waals surface area contributed by atoms with E-state index < -0.39 is 0 Å². The van der Waals surface area contributed by atoms with Gasteiger partial charge in [-0.2, -0.15) is 0 Å². The lowest BCUT2D eigenvalue weighted by Crippen LogP contribution is -2.17.